The molecule has 2 unspecified atom stereocenters. The van der Waals surface area contributed by atoms with Crippen LogP contribution in [-0.2, 0) is 17.1 Å². The van der Waals surface area contributed by atoms with Crippen LogP contribution >= 0.6 is 12.6 Å². The highest BCUT2D eigenvalue weighted by Gasteiger charge is 2.37. The van der Waals surface area contributed by atoms with Gasteiger partial charge in [0, 0.05) is 18.5 Å². The van der Waals surface area contributed by atoms with Crippen molar-refractivity contribution in [3.05, 3.63) is 70.8 Å². The molecule has 0 saturated carbocycles. The fourth-order valence-electron chi connectivity index (χ4n) is 4.62. The average Bonchev–Trinajstić information content (AvgIpc) is 2.76. The number of nitrogens with zero attached hydrogens (tertiary/aromatic N) is 1. The summed E-state index contributed by atoms with van der Waals surface area (Å²) in [6, 6.07) is 8.97. The molecule has 0 spiro atoms. The summed E-state index contributed by atoms with van der Waals surface area (Å²) in [5, 5.41) is 9.24. The van der Waals surface area contributed by atoms with Crippen molar-refractivity contribution in [3.8, 4) is 0 Å². The number of hydrogen-bond acceptors (Lipinski definition) is 3. The van der Waals surface area contributed by atoms with Crippen molar-refractivity contribution in [2.24, 2.45) is 5.92 Å². The zero-order chi connectivity index (χ0) is 25.1. The van der Waals surface area contributed by atoms with Gasteiger partial charge < -0.3 is 5.11 Å². The molecule has 2 aromatic carbocycles. The minimum atomic E-state index is -4.48. The zero-order valence-electron chi connectivity index (χ0n) is 18.1. The number of carboxylic acids is 1. The van der Waals surface area contributed by atoms with Gasteiger partial charge in [0.05, 0.1) is 11.1 Å². The molecule has 1 saturated heterocycles. The fourth-order valence-corrected chi connectivity index (χ4v) is 4.87. The number of likely N-dealkylation sites (tertiary alicyclic amines) is 1. The van der Waals surface area contributed by atoms with E-state index in [1.807, 2.05) is 0 Å². The molecule has 34 heavy (non-hydrogen) atoms. The first kappa shape index (κ1) is 26.4. The van der Waals surface area contributed by atoms with Crippen LogP contribution in [0.5, 0.6) is 0 Å². The summed E-state index contributed by atoms with van der Waals surface area (Å²) < 4.78 is 78.2. The van der Waals surface area contributed by atoms with Crippen molar-refractivity contribution in [2.75, 3.05) is 12.3 Å². The third kappa shape index (κ3) is 6.47. The van der Waals surface area contributed by atoms with E-state index < -0.39 is 29.4 Å². The van der Waals surface area contributed by atoms with Crippen molar-refractivity contribution in [3.63, 3.8) is 0 Å². The molecule has 186 valence electrons. The van der Waals surface area contributed by atoms with Gasteiger partial charge in [0.1, 0.15) is 0 Å². The molecule has 1 N–H and O–H groups in total. The summed E-state index contributed by atoms with van der Waals surface area (Å²) in [7, 11) is 0. The van der Waals surface area contributed by atoms with Gasteiger partial charge in [0.15, 0.2) is 0 Å². The van der Waals surface area contributed by atoms with E-state index in [0.717, 1.165) is 24.3 Å². The molecule has 0 bridgehead atoms. The molecule has 10 heteroatoms. The maximum Gasteiger partial charge on any atom is 0.416 e. The van der Waals surface area contributed by atoms with Crippen LogP contribution in [0, 0.1) is 5.92 Å². The molecule has 1 fully saturated rings. The average molecular weight is 506 g/mol. The van der Waals surface area contributed by atoms with Crippen LogP contribution in [-0.4, -0.2) is 28.3 Å². The Labute approximate surface area is 199 Å². The third-order valence-corrected chi connectivity index (χ3v) is 6.52. The quantitative estimate of drug-likeness (QED) is 0.314. The molecule has 0 aliphatic carbocycles. The molecular weight excluding hydrogens is 480 g/mol. The van der Waals surface area contributed by atoms with Crippen LogP contribution in [0.2, 0.25) is 0 Å². The van der Waals surface area contributed by atoms with E-state index in [0.29, 0.717) is 42.7 Å². The lowest BCUT2D eigenvalue weighted by Gasteiger charge is -2.44. The highest BCUT2D eigenvalue weighted by atomic mass is 32.1. The first-order valence-corrected chi connectivity index (χ1v) is 11.5. The SMILES string of the molecule is O=C(O)CC1CCN([C@H](CCS)c2ccc(C(F)(F)F)cc2)C(c2ccc(C(F)(F)F)cc2)C1. The lowest BCUT2D eigenvalue weighted by molar-refractivity contribution is -0.139. The number of carbonyl (C=O) groups is 1. The second-order valence-electron chi connectivity index (χ2n) is 8.51. The van der Waals surface area contributed by atoms with Crippen LogP contribution in [0.25, 0.3) is 0 Å². The van der Waals surface area contributed by atoms with Gasteiger partial charge in [-0.2, -0.15) is 39.0 Å². The Morgan fingerprint density at radius 3 is 1.97 bits per heavy atom. The Hall–Kier alpha value is -2.20. The number of benzene rings is 2. The highest BCUT2D eigenvalue weighted by Crippen LogP contribution is 2.43. The van der Waals surface area contributed by atoms with E-state index >= 15 is 0 Å². The number of alkyl halides is 6. The van der Waals surface area contributed by atoms with E-state index in [4.69, 9.17) is 0 Å². The molecule has 1 aliphatic heterocycles. The number of piperidine rings is 1. The van der Waals surface area contributed by atoms with E-state index in [2.05, 4.69) is 17.5 Å². The van der Waals surface area contributed by atoms with Crippen LogP contribution in [0.4, 0.5) is 26.3 Å². The van der Waals surface area contributed by atoms with Crippen LogP contribution in [0.15, 0.2) is 48.5 Å². The van der Waals surface area contributed by atoms with Crippen LogP contribution in [0.1, 0.15) is 60.0 Å². The molecule has 0 radical (unpaired) electrons. The summed E-state index contributed by atoms with van der Waals surface area (Å²) in [5.41, 5.74) is -0.287. The first-order valence-electron chi connectivity index (χ1n) is 10.8. The monoisotopic (exact) mass is 505 g/mol. The first-order chi connectivity index (χ1) is 15.9. The van der Waals surface area contributed by atoms with Crippen molar-refractivity contribution in [1.29, 1.82) is 0 Å². The Kier molecular flexibility index (Phi) is 8.23. The Balaban J connectivity index is 1.96. The van der Waals surface area contributed by atoms with Crippen LogP contribution in [0.3, 0.4) is 0 Å². The maximum atomic E-state index is 13.0. The lowest BCUT2D eigenvalue weighted by atomic mass is 9.83. The second kappa shape index (κ2) is 10.6. The van der Waals surface area contributed by atoms with E-state index in [1.54, 1.807) is 0 Å². The molecule has 0 amide bonds. The Bertz CT molecular complexity index is 959. The summed E-state index contributed by atoms with van der Waals surface area (Å²) in [6.45, 7) is 0.461. The number of aliphatic carboxylic acids is 1. The molecular formula is C24H25F6NO2S. The maximum absolute atomic E-state index is 13.0. The number of thiol groups is 1. The van der Waals surface area contributed by atoms with E-state index in [-0.39, 0.29) is 24.4 Å². The van der Waals surface area contributed by atoms with Gasteiger partial charge in [-0.1, -0.05) is 24.3 Å². The van der Waals surface area contributed by atoms with E-state index in [1.165, 1.54) is 24.3 Å². The predicted molar refractivity (Wildman–Crippen MR) is 119 cm³/mol. The molecule has 3 atom stereocenters. The van der Waals surface area contributed by atoms with Gasteiger partial charge in [-0.05, 0) is 72.9 Å². The summed E-state index contributed by atoms with van der Waals surface area (Å²) >= 11 is 4.31. The molecule has 0 aromatic heterocycles. The number of carboxylic acid groups (broad SMARTS) is 1. The third-order valence-electron chi connectivity index (χ3n) is 6.26. The van der Waals surface area contributed by atoms with Crippen LogP contribution < -0.4 is 0 Å². The van der Waals surface area contributed by atoms with Gasteiger partial charge in [-0.15, -0.1) is 0 Å². The normalized spacial score (nSPS) is 20.8. The second-order valence-corrected chi connectivity index (χ2v) is 8.96. The van der Waals surface area contributed by atoms with Crippen molar-refractivity contribution in [1.82, 2.24) is 4.90 Å². The van der Waals surface area contributed by atoms with E-state index in [9.17, 15) is 36.2 Å². The zero-order valence-corrected chi connectivity index (χ0v) is 19.0. The van der Waals surface area contributed by atoms with Crippen molar-refractivity contribution in [2.45, 2.75) is 50.1 Å². The molecule has 2 aromatic rings. The van der Waals surface area contributed by atoms with Gasteiger partial charge in [0.2, 0.25) is 0 Å². The minimum absolute atomic E-state index is 0.0531. The Morgan fingerprint density at radius 2 is 1.50 bits per heavy atom. The Morgan fingerprint density at radius 1 is 0.971 bits per heavy atom. The lowest BCUT2D eigenvalue weighted by Crippen LogP contribution is -2.40. The standard InChI is InChI=1S/C24H25F6NO2S/c25-23(26,27)18-5-1-16(2-6-18)20(10-12-34)31-11-9-15(14-22(32)33)13-21(31)17-3-7-19(8-4-17)24(28,29)30/h1-8,15,20-21,34H,9-14H2,(H,32,33)/t15?,20-,21?/m1/s1. The molecule has 3 nitrogen and oxygen atoms in total. The number of hydrogen-bond donors (Lipinski definition) is 2. The highest BCUT2D eigenvalue weighted by molar-refractivity contribution is 7.80. The smallest absolute Gasteiger partial charge is 0.416 e. The summed E-state index contributed by atoms with van der Waals surface area (Å²) in [6.07, 6.45) is -7.51. The largest absolute Gasteiger partial charge is 0.481 e. The minimum Gasteiger partial charge on any atom is -0.481 e. The fraction of sp³-hybridized carbons (Fsp3) is 0.458. The van der Waals surface area contributed by atoms with Gasteiger partial charge in [-0.3, -0.25) is 9.69 Å². The van der Waals surface area contributed by atoms with Gasteiger partial charge in [0.25, 0.3) is 0 Å². The van der Waals surface area contributed by atoms with Crippen molar-refractivity contribution < 1.29 is 36.2 Å². The van der Waals surface area contributed by atoms with Crippen molar-refractivity contribution >= 4 is 18.6 Å². The summed E-state index contributed by atoms with van der Waals surface area (Å²) in [4.78, 5) is 13.3. The van der Waals surface area contributed by atoms with Gasteiger partial charge >= 0.3 is 18.3 Å². The molecule has 3 rings (SSSR count). The molecule has 1 heterocycles. The van der Waals surface area contributed by atoms with Gasteiger partial charge in [-0.25, -0.2) is 0 Å². The number of rotatable bonds is 7. The predicted octanol–water partition coefficient (Wildman–Crippen LogP) is 7.01. The molecule has 1 aliphatic rings. The summed E-state index contributed by atoms with van der Waals surface area (Å²) in [5.74, 6) is -0.662. The number of halogens is 6. The topological polar surface area (TPSA) is 40.5 Å².